The molecular weight excluding hydrogens is 270 g/mol. The van der Waals surface area contributed by atoms with Crippen LogP contribution in [0, 0.1) is 0 Å². The molecule has 2 atom stereocenters. The van der Waals surface area contributed by atoms with E-state index in [0.29, 0.717) is 17.7 Å². The Labute approximate surface area is 111 Å². The third-order valence-electron chi connectivity index (χ3n) is 2.94. The van der Waals surface area contributed by atoms with Crippen molar-refractivity contribution in [3.63, 3.8) is 0 Å². The van der Waals surface area contributed by atoms with Crippen molar-refractivity contribution in [2.24, 2.45) is 5.73 Å². The summed E-state index contributed by atoms with van der Waals surface area (Å²) in [5.74, 6) is -0.996. The summed E-state index contributed by atoms with van der Waals surface area (Å²) in [5, 5.41) is 8.72. The quantitative estimate of drug-likeness (QED) is 0.768. The number of carbonyl (C=O) groups is 1. The molecule has 1 fully saturated rings. The van der Waals surface area contributed by atoms with Gasteiger partial charge in [0.1, 0.15) is 6.10 Å². The second-order valence-electron chi connectivity index (χ2n) is 4.60. The summed E-state index contributed by atoms with van der Waals surface area (Å²) in [6.45, 7) is 0.472. The molecule has 2 rings (SSSR count). The highest BCUT2D eigenvalue weighted by molar-refractivity contribution is 7.90. The zero-order valence-electron chi connectivity index (χ0n) is 10.4. The van der Waals surface area contributed by atoms with Gasteiger partial charge in [-0.25, -0.2) is 8.42 Å². The summed E-state index contributed by atoms with van der Waals surface area (Å²) >= 11 is 0. The van der Waals surface area contributed by atoms with E-state index in [2.05, 4.69) is 0 Å². The van der Waals surface area contributed by atoms with Crippen LogP contribution in [0.5, 0.6) is 0 Å². The Kier molecular flexibility index (Phi) is 3.62. The van der Waals surface area contributed by atoms with Crippen LogP contribution in [-0.2, 0) is 19.4 Å². The van der Waals surface area contributed by atoms with Crippen molar-refractivity contribution >= 4 is 15.8 Å². The molecule has 1 saturated heterocycles. The zero-order valence-corrected chi connectivity index (χ0v) is 11.2. The fourth-order valence-electron chi connectivity index (χ4n) is 1.92. The largest absolute Gasteiger partial charge is 0.481 e. The van der Waals surface area contributed by atoms with E-state index in [-0.39, 0.29) is 17.4 Å². The molecule has 0 aliphatic carbocycles. The summed E-state index contributed by atoms with van der Waals surface area (Å²) in [6.07, 6.45) is 0.690. The van der Waals surface area contributed by atoms with Crippen LogP contribution in [0.4, 0.5) is 0 Å². The number of hydrogen-bond acceptors (Lipinski definition) is 5. The molecule has 19 heavy (non-hydrogen) atoms. The van der Waals surface area contributed by atoms with Crippen molar-refractivity contribution < 1.29 is 23.1 Å². The molecule has 0 bridgehead atoms. The topological polar surface area (TPSA) is 110 Å². The monoisotopic (exact) mass is 285 g/mol. The summed E-state index contributed by atoms with van der Waals surface area (Å²) in [4.78, 5) is 10.8. The second kappa shape index (κ2) is 4.92. The molecular formula is C12H15NO5S. The number of aliphatic carboxylic acids is 1. The van der Waals surface area contributed by atoms with E-state index >= 15 is 0 Å². The maximum atomic E-state index is 11.7. The van der Waals surface area contributed by atoms with E-state index in [9.17, 15) is 13.2 Å². The van der Waals surface area contributed by atoms with Crippen LogP contribution in [0.25, 0.3) is 0 Å². The first-order valence-corrected chi connectivity index (χ1v) is 7.61. The van der Waals surface area contributed by atoms with Crippen LogP contribution in [-0.4, -0.2) is 32.4 Å². The fourth-order valence-corrected chi connectivity index (χ4v) is 2.85. The normalized spacial score (nSPS) is 20.0. The number of benzene rings is 1. The van der Waals surface area contributed by atoms with Crippen molar-refractivity contribution in [2.75, 3.05) is 12.9 Å². The van der Waals surface area contributed by atoms with E-state index in [1.807, 2.05) is 0 Å². The van der Waals surface area contributed by atoms with Crippen molar-refractivity contribution in [3.05, 3.63) is 29.3 Å². The minimum Gasteiger partial charge on any atom is -0.481 e. The molecule has 7 heteroatoms. The average molecular weight is 285 g/mol. The molecule has 1 aromatic rings. The predicted octanol–water partition coefficient (Wildman–Crippen LogP) is 0.636. The Bertz CT molecular complexity index is 607. The lowest BCUT2D eigenvalue weighted by Crippen LogP contribution is -2.16. The van der Waals surface area contributed by atoms with Gasteiger partial charge in [-0.15, -0.1) is 0 Å². The Morgan fingerprint density at radius 1 is 1.58 bits per heavy atom. The molecule has 3 N–H and O–H groups in total. The standard InChI is InChI=1S/C12H15NO5S/c1-19(16,17)11-3-2-7(9(13)5-12(14)15)4-8(11)10-6-18-10/h2-4,9-10H,5-6,13H2,1H3,(H,14,15). The number of epoxide rings is 1. The van der Waals surface area contributed by atoms with Gasteiger partial charge in [0, 0.05) is 17.9 Å². The zero-order chi connectivity index (χ0) is 14.2. The van der Waals surface area contributed by atoms with Gasteiger partial charge >= 0.3 is 5.97 Å². The number of nitrogens with two attached hydrogens (primary N) is 1. The molecule has 0 aromatic heterocycles. The minimum absolute atomic E-state index is 0.205. The van der Waals surface area contributed by atoms with Crippen LogP contribution in [0.3, 0.4) is 0 Å². The Morgan fingerprint density at radius 2 is 2.21 bits per heavy atom. The lowest BCUT2D eigenvalue weighted by atomic mass is 10.0. The van der Waals surface area contributed by atoms with E-state index in [1.54, 1.807) is 12.1 Å². The van der Waals surface area contributed by atoms with Crippen LogP contribution in [0.15, 0.2) is 23.1 Å². The van der Waals surface area contributed by atoms with Crippen LogP contribution in [0.1, 0.15) is 29.7 Å². The molecule has 0 radical (unpaired) electrons. The van der Waals surface area contributed by atoms with Crippen molar-refractivity contribution in [3.8, 4) is 0 Å². The van der Waals surface area contributed by atoms with Crippen LogP contribution in [0.2, 0.25) is 0 Å². The lowest BCUT2D eigenvalue weighted by molar-refractivity contribution is -0.137. The molecule has 1 aliphatic heterocycles. The summed E-state index contributed by atoms with van der Waals surface area (Å²) in [7, 11) is -3.34. The Balaban J connectivity index is 2.39. The smallest absolute Gasteiger partial charge is 0.305 e. The van der Waals surface area contributed by atoms with E-state index in [4.69, 9.17) is 15.6 Å². The molecule has 2 unspecified atom stereocenters. The summed E-state index contributed by atoms with van der Waals surface area (Å²) in [6, 6.07) is 3.98. The van der Waals surface area contributed by atoms with Crippen molar-refractivity contribution in [2.45, 2.75) is 23.5 Å². The minimum atomic E-state index is -3.34. The van der Waals surface area contributed by atoms with E-state index < -0.39 is 21.8 Å². The highest BCUT2D eigenvalue weighted by Crippen LogP contribution is 2.36. The van der Waals surface area contributed by atoms with Gasteiger partial charge < -0.3 is 15.6 Å². The molecule has 1 aliphatic rings. The lowest BCUT2D eigenvalue weighted by Gasteiger charge is -2.13. The third-order valence-corrected chi connectivity index (χ3v) is 4.11. The predicted molar refractivity (Wildman–Crippen MR) is 67.4 cm³/mol. The molecule has 0 saturated carbocycles. The number of ether oxygens (including phenoxy) is 1. The third kappa shape index (κ3) is 3.31. The first kappa shape index (κ1) is 14.0. The van der Waals surface area contributed by atoms with Crippen molar-refractivity contribution in [1.29, 1.82) is 0 Å². The molecule has 1 heterocycles. The first-order chi connectivity index (χ1) is 8.79. The Hall–Kier alpha value is -1.44. The maximum Gasteiger partial charge on any atom is 0.305 e. The Morgan fingerprint density at radius 3 is 2.68 bits per heavy atom. The number of sulfone groups is 1. The van der Waals surface area contributed by atoms with Gasteiger partial charge in [-0.05, 0) is 11.6 Å². The number of hydrogen-bond donors (Lipinski definition) is 2. The van der Waals surface area contributed by atoms with Gasteiger partial charge in [0.15, 0.2) is 9.84 Å². The van der Waals surface area contributed by atoms with Gasteiger partial charge in [0.2, 0.25) is 0 Å². The molecule has 1 aromatic carbocycles. The van der Waals surface area contributed by atoms with Gasteiger partial charge in [-0.2, -0.15) is 0 Å². The molecule has 104 valence electrons. The average Bonchev–Trinajstić information content (AvgIpc) is 3.09. The maximum absolute atomic E-state index is 11.7. The number of carboxylic acid groups (broad SMARTS) is 1. The molecule has 0 spiro atoms. The van der Waals surface area contributed by atoms with Gasteiger partial charge in [0.25, 0.3) is 0 Å². The summed E-state index contributed by atoms with van der Waals surface area (Å²) < 4.78 is 28.5. The highest BCUT2D eigenvalue weighted by atomic mass is 32.2. The number of rotatable bonds is 5. The van der Waals surface area contributed by atoms with Crippen molar-refractivity contribution in [1.82, 2.24) is 0 Å². The second-order valence-corrected chi connectivity index (χ2v) is 6.58. The summed E-state index contributed by atoms with van der Waals surface area (Å²) in [5.41, 5.74) is 6.93. The number of carboxylic acids is 1. The molecule has 0 amide bonds. The first-order valence-electron chi connectivity index (χ1n) is 5.72. The van der Waals surface area contributed by atoms with Gasteiger partial charge in [0.05, 0.1) is 17.9 Å². The van der Waals surface area contributed by atoms with Crippen LogP contribution < -0.4 is 5.73 Å². The highest BCUT2D eigenvalue weighted by Gasteiger charge is 2.31. The SMILES string of the molecule is CS(=O)(=O)c1ccc(C(N)CC(=O)O)cc1C1CO1. The molecule has 6 nitrogen and oxygen atoms in total. The van der Waals surface area contributed by atoms with E-state index in [1.165, 1.54) is 6.07 Å². The van der Waals surface area contributed by atoms with E-state index in [0.717, 1.165) is 6.26 Å². The van der Waals surface area contributed by atoms with Gasteiger partial charge in [-0.3, -0.25) is 4.79 Å². The fraction of sp³-hybridized carbons (Fsp3) is 0.417. The van der Waals surface area contributed by atoms with Crippen LogP contribution >= 0.6 is 0 Å². The van der Waals surface area contributed by atoms with Gasteiger partial charge in [-0.1, -0.05) is 12.1 Å².